The first kappa shape index (κ1) is 20.3. The van der Waals surface area contributed by atoms with E-state index in [2.05, 4.69) is 5.10 Å². The molecule has 0 radical (unpaired) electrons. The van der Waals surface area contributed by atoms with Crippen molar-refractivity contribution in [1.82, 2.24) is 0 Å². The molecule has 0 N–H and O–H groups in total. The van der Waals surface area contributed by atoms with Crippen molar-refractivity contribution in [1.29, 1.82) is 0 Å². The number of rotatable bonds is 5. The van der Waals surface area contributed by atoms with Gasteiger partial charge in [-0.1, -0.05) is 29.8 Å². The number of allylic oxidation sites excluding steroid dienone is 1. The number of ether oxygens (including phenoxy) is 2. The fourth-order valence-corrected chi connectivity index (χ4v) is 2.96. The van der Waals surface area contributed by atoms with E-state index in [4.69, 9.17) is 21.1 Å². The molecule has 0 aromatic heterocycles. The maximum absolute atomic E-state index is 13.0. The summed E-state index contributed by atoms with van der Waals surface area (Å²) in [6.45, 7) is 0. The number of methoxy groups -OCH3 is 2. The van der Waals surface area contributed by atoms with E-state index >= 15 is 0 Å². The summed E-state index contributed by atoms with van der Waals surface area (Å²) in [5.74, 6) is -1.92. The highest BCUT2D eigenvalue weighted by Crippen LogP contribution is 2.27. The zero-order valence-corrected chi connectivity index (χ0v) is 16.4. The number of benzene rings is 2. The number of para-hydroxylation sites is 1. The van der Waals surface area contributed by atoms with E-state index in [-0.39, 0.29) is 11.3 Å². The normalized spacial score (nSPS) is 15.8. The molecule has 0 saturated carbocycles. The van der Waals surface area contributed by atoms with Crippen molar-refractivity contribution in [2.24, 2.45) is 5.10 Å². The van der Waals surface area contributed by atoms with Gasteiger partial charge >= 0.3 is 11.9 Å². The highest BCUT2D eigenvalue weighted by atomic mass is 35.5. The van der Waals surface area contributed by atoms with E-state index in [0.29, 0.717) is 16.3 Å². The topological polar surface area (TPSA) is 85.3 Å². The number of nitrogens with zero attached hydrogens (tertiary/aromatic N) is 2. The summed E-state index contributed by atoms with van der Waals surface area (Å²) < 4.78 is 9.68. The number of esters is 2. The maximum atomic E-state index is 13.0. The van der Waals surface area contributed by atoms with E-state index in [0.717, 1.165) is 0 Å². The van der Waals surface area contributed by atoms with Crippen LogP contribution >= 0.6 is 11.6 Å². The van der Waals surface area contributed by atoms with Crippen LogP contribution in [0.5, 0.6) is 0 Å². The Morgan fingerprint density at radius 1 is 0.966 bits per heavy atom. The third kappa shape index (κ3) is 4.20. The third-order valence-corrected chi connectivity index (χ3v) is 4.50. The third-order valence-electron chi connectivity index (χ3n) is 4.25. The van der Waals surface area contributed by atoms with Crippen LogP contribution in [0.2, 0.25) is 5.02 Å². The van der Waals surface area contributed by atoms with E-state index in [1.54, 1.807) is 54.6 Å². The number of hydrogen-bond acceptors (Lipinski definition) is 7. The maximum Gasteiger partial charge on any atom is 0.336 e. The van der Waals surface area contributed by atoms with Crippen LogP contribution in [0.4, 0.5) is 5.69 Å². The smallest absolute Gasteiger partial charge is 0.336 e. The van der Waals surface area contributed by atoms with Gasteiger partial charge in [0.1, 0.15) is 5.71 Å². The summed E-state index contributed by atoms with van der Waals surface area (Å²) >= 11 is 5.88. The Morgan fingerprint density at radius 2 is 1.62 bits per heavy atom. The highest BCUT2D eigenvalue weighted by molar-refractivity contribution is 6.50. The first-order chi connectivity index (χ1) is 14.0. The molecule has 29 heavy (non-hydrogen) atoms. The van der Waals surface area contributed by atoms with Crippen LogP contribution in [0.15, 0.2) is 71.3 Å². The molecule has 0 spiro atoms. The van der Waals surface area contributed by atoms with Crippen LogP contribution in [0, 0.1) is 0 Å². The molecule has 0 saturated heterocycles. The molecule has 0 amide bonds. The Bertz CT molecular complexity index is 999. The molecule has 0 bridgehead atoms. The number of ketones is 1. The average Bonchev–Trinajstić information content (AvgIpc) is 2.77. The monoisotopic (exact) mass is 412 g/mol. The molecule has 8 heteroatoms. The van der Waals surface area contributed by atoms with Crippen LogP contribution < -0.4 is 5.01 Å². The lowest BCUT2D eigenvalue weighted by Gasteiger charge is -2.31. The van der Waals surface area contributed by atoms with Gasteiger partial charge in [-0.3, -0.25) is 4.79 Å². The average molecular weight is 413 g/mol. The molecule has 1 atom stereocenters. The number of hydrazone groups is 1. The van der Waals surface area contributed by atoms with E-state index in [1.807, 2.05) is 0 Å². The zero-order chi connectivity index (χ0) is 21.0. The van der Waals surface area contributed by atoms with Gasteiger partial charge in [-0.25, -0.2) is 14.6 Å². The lowest BCUT2D eigenvalue weighted by atomic mass is 9.98. The molecule has 0 unspecified atom stereocenters. The number of hydrogen-bond donors (Lipinski definition) is 0. The Labute approximate surface area is 172 Å². The van der Waals surface area contributed by atoms with Gasteiger partial charge in [0.05, 0.1) is 25.5 Å². The van der Waals surface area contributed by atoms with Gasteiger partial charge in [-0.05, 0) is 42.5 Å². The largest absolute Gasteiger partial charge is 0.467 e. The number of halogens is 1. The summed E-state index contributed by atoms with van der Waals surface area (Å²) in [5.41, 5.74) is 0.740. The SMILES string of the molecule is COC(=O)C1=CC(C(=O)c2ccc(Cl)cc2)=NN(c2ccccc2)[C@@H]1C(=O)OC. The summed E-state index contributed by atoms with van der Waals surface area (Å²) in [4.78, 5) is 37.9. The number of carbonyl (C=O) groups is 3. The van der Waals surface area contributed by atoms with Gasteiger partial charge in [0.2, 0.25) is 5.78 Å². The van der Waals surface area contributed by atoms with Crippen LogP contribution in [0.25, 0.3) is 0 Å². The summed E-state index contributed by atoms with van der Waals surface area (Å²) in [6, 6.07) is 13.7. The minimum absolute atomic E-state index is 0.0308. The van der Waals surface area contributed by atoms with Crippen molar-refractivity contribution < 1.29 is 23.9 Å². The van der Waals surface area contributed by atoms with Crippen molar-refractivity contribution in [2.45, 2.75) is 6.04 Å². The molecular formula is C21H17ClN2O5. The van der Waals surface area contributed by atoms with Gasteiger partial charge in [0, 0.05) is 10.6 Å². The minimum Gasteiger partial charge on any atom is -0.467 e. The Balaban J connectivity index is 2.14. The zero-order valence-electron chi connectivity index (χ0n) is 15.7. The summed E-state index contributed by atoms with van der Waals surface area (Å²) in [6.07, 6.45) is 1.25. The quantitative estimate of drug-likeness (QED) is 0.554. The van der Waals surface area contributed by atoms with Crippen molar-refractivity contribution in [3.63, 3.8) is 0 Å². The molecule has 0 fully saturated rings. The second-order valence-corrected chi connectivity index (χ2v) is 6.45. The first-order valence-electron chi connectivity index (χ1n) is 8.57. The fraction of sp³-hybridized carbons (Fsp3) is 0.143. The van der Waals surface area contributed by atoms with Crippen LogP contribution in [0.1, 0.15) is 10.4 Å². The molecule has 1 aliphatic rings. The van der Waals surface area contributed by atoms with Gasteiger partial charge < -0.3 is 9.47 Å². The van der Waals surface area contributed by atoms with Crippen LogP contribution in [0.3, 0.4) is 0 Å². The lowest BCUT2D eigenvalue weighted by Crippen LogP contribution is -2.46. The van der Waals surface area contributed by atoms with Crippen molar-refractivity contribution in [3.8, 4) is 0 Å². The summed E-state index contributed by atoms with van der Waals surface area (Å²) in [5, 5.41) is 6.11. The van der Waals surface area contributed by atoms with E-state index in [1.165, 1.54) is 25.3 Å². The predicted octanol–water partition coefficient (Wildman–Crippen LogP) is 3.04. The Morgan fingerprint density at radius 3 is 2.21 bits per heavy atom. The van der Waals surface area contributed by atoms with Crippen LogP contribution in [-0.2, 0) is 19.1 Å². The Kier molecular flexibility index (Phi) is 6.09. The van der Waals surface area contributed by atoms with Gasteiger partial charge in [-0.15, -0.1) is 0 Å². The van der Waals surface area contributed by atoms with E-state index < -0.39 is 23.8 Å². The van der Waals surface area contributed by atoms with Crippen molar-refractivity contribution >= 4 is 40.7 Å². The second kappa shape index (κ2) is 8.70. The predicted molar refractivity (Wildman–Crippen MR) is 108 cm³/mol. The van der Waals surface area contributed by atoms with Gasteiger partial charge in [0.25, 0.3) is 0 Å². The van der Waals surface area contributed by atoms with Gasteiger partial charge in [0.15, 0.2) is 6.04 Å². The van der Waals surface area contributed by atoms with Crippen molar-refractivity contribution in [2.75, 3.05) is 19.2 Å². The molecule has 1 aliphatic heterocycles. The first-order valence-corrected chi connectivity index (χ1v) is 8.95. The molecule has 3 rings (SSSR count). The number of anilines is 1. The summed E-state index contributed by atoms with van der Waals surface area (Å²) in [7, 11) is 2.40. The highest BCUT2D eigenvalue weighted by Gasteiger charge is 2.39. The molecule has 2 aromatic carbocycles. The standard InChI is InChI=1S/C21H17ClN2O5/c1-28-20(26)16-12-17(19(25)13-8-10-14(22)11-9-13)23-24(18(16)21(27)29-2)15-6-4-3-5-7-15/h3-12,18H,1-2H3/t18-/m0/s1. The second-order valence-electron chi connectivity index (χ2n) is 6.02. The molecule has 1 heterocycles. The fourth-order valence-electron chi connectivity index (χ4n) is 2.84. The van der Waals surface area contributed by atoms with Crippen molar-refractivity contribution in [3.05, 3.63) is 76.8 Å². The molecule has 2 aromatic rings. The van der Waals surface area contributed by atoms with Gasteiger partial charge in [-0.2, -0.15) is 5.10 Å². The Hall–Kier alpha value is -3.45. The minimum atomic E-state index is -1.20. The number of carbonyl (C=O) groups excluding carboxylic acids is 3. The molecular weight excluding hydrogens is 396 g/mol. The van der Waals surface area contributed by atoms with E-state index in [9.17, 15) is 14.4 Å². The lowest BCUT2D eigenvalue weighted by molar-refractivity contribution is -0.144. The molecule has 0 aliphatic carbocycles. The van der Waals surface area contributed by atoms with Crippen LogP contribution in [-0.4, -0.2) is 43.7 Å². The number of Topliss-reactive ketones (excluding diaryl/α,β-unsaturated/α-hetero) is 1. The molecule has 7 nitrogen and oxygen atoms in total. The molecule has 148 valence electrons.